The van der Waals surface area contributed by atoms with Crippen LogP contribution in [0.5, 0.6) is 0 Å². The zero-order valence-corrected chi connectivity index (χ0v) is 19.7. The first-order valence-corrected chi connectivity index (χ1v) is 11.9. The highest BCUT2D eigenvalue weighted by Crippen LogP contribution is 2.27. The second kappa shape index (κ2) is 10.6. The number of carboxylic acids is 1. The van der Waals surface area contributed by atoms with E-state index in [1.165, 1.54) is 5.56 Å². The van der Waals surface area contributed by atoms with E-state index in [-0.39, 0.29) is 16.1 Å². The summed E-state index contributed by atoms with van der Waals surface area (Å²) in [7, 11) is 0. The standard InChI is InChI=1S/C26H26Cl2N2O3/c27-22-16-23(28)25(31)30(14-12-18-8-10-20(11-9-18)26(32)33)24(22)17-29-13-4-7-21(29)15-19-5-2-1-3-6-19/h1-3,5-6,8-11,16,21H,4,7,12-15,17H2,(H,32,33)/t21-/m1/s1. The number of likely N-dealkylation sites (tertiary alicyclic amines) is 1. The topological polar surface area (TPSA) is 62.5 Å². The van der Waals surface area contributed by atoms with Gasteiger partial charge in [0.15, 0.2) is 0 Å². The predicted octanol–water partition coefficient (Wildman–Crippen LogP) is 5.30. The van der Waals surface area contributed by atoms with Crippen molar-refractivity contribution in [1.82, 2.24) is 9.47 Å². The number of hydrogen-bond donors (Lipinski definition) is 1. The Kier molecular flexibility index (Phi) is 7.53. The summed E-state index contributed by atoms with van der Waals surface area (Å²) in [5.74, 6) is -0.961. The maximum Gasteiger partial charge on any atom is 0.335 e. The number of aromatic carboxylic acids is 1. The SMILES string of the molecule is O=C(O)c1ccc(CCn2c(CN3CCC[C@@H]3Cc3ccccc3)c(Cl)cc(Cl)c2=O)cc1. The van der Waals surface area contributed by atoms with E-state index >= 15 is 0 Å². The molecule has 0 spiro atoms. The summed E-state index contributed by atoms with van der Waals surface area (Å²) in [6, 6.07) is 19.1. The molecule has 0 saturated carbocycles. The summed E-state index contributed by atoms with van der Waals surface area (Å²) in [5, 5.41) is 9.68. The smallest absolute Gasteiger partial charge is 0.335 e. The van der Waals surface area contributed by atoms with Crippen LogP contribution in [0.15, 0.2) is 65.5 Å². The molecule has 33 heavy (non-hydrogen) atoms. The van der Waals surface area contributed by atoms with Gasteiger partial charge < -0.3 is 9.67 Å². The van der Waals surface area contributed by atoms with Gasteiger partial charge in [-0.05, 0) is 61.6 Å². The van der Waals surface area contributed by atoms with Crippen molar-refractivity contribution in [3.8, 4) is 0 Å². The highest BCUT2D eigenvalue weighted by molar-refractivity contribution is 6.34. The molecule has 0 aliphatic carbocycles. The van der Waals surface area contributed by atoms with E-state index in [1.807, 2.05) is 6.07 Å². The van der Waals surface area contributed by atoms with Crippen LogP contribution in [-0.2, 0) is 25.9 Å². The second-order valence-corrected chi connectivity index (χ2v) is 9.27. The van der Waals surface area contributed by atoms with Gasteiger partial charge in [-0.25, -0.2) is 4.79 Å². The molecule has 0 unspecified atom stereocenters. The lowest BCUT2D eigenvalue weighted by molar-refractivity contribution is 0.0697. The Balaban J connectivity index is 1.54. The van der Waals surface area contributed by atoms with E-state index in [2.05, 4.69) is 29.2 Å². The van der Waals surface area contributed by atoms with Crippen molar-refractivity contribution in [1.29, 1.82) is 0 Å². The van der Waals surface area contributed by atoms with Crippen LogP contribution < -0.4 is 5.56 Å². The van der Waals surface area contributed by atoms with Crippen LogP contribution in [0.4, 0.5) is 0 Å². The van der Waals surface area contributed by atoms with Gasteiger partial charge in [-0.15, -0.1) is 0 Å². The van der Waals surface area contributed by atoms with Gasteiger partial charge >= 0.3 is 5.97 Å². The van der Waals surface area contributed by atoms with Crippen LogP contribution in [0.25, 0.3) is 0 Å². The normalized spacial score (nSPS) is 16.2. The molecule has 2 heterocycles. The number of carboxylic acid groups (broad SMARTS) is 1. The summed E-state index contributed by atoms with van der Waals surface area (Å²) in [4.78, 5) is 26.4. The quantitative estimate of drug-likeness (QED) is 0.470. The van der Waals surface area contributed by atoms with Crippen molar-refractivity contribution < 1.29 is 9.90 Å². The summed E-state index contributed by atoms with van der Waals surface area (Å²) in [6.45, 7) is 1.96. The molecular formula is C26H26Cl2N2O3. The molecule has 7 heteroatoms. The second-order valence-electron chi connectivity index (χ2n) is 8.45. The number of nitrogens with zero attached hydrogens (tertiary/aromatic N) is 2. The number of carbonyl (C=O) groups is 1. The number of hydrogen-bond acceptors (Lipinski definition) is 3. The number of aromatic nitrogens is 1. The third kappa shape index (κ3) is 5.67. The molecule has 1 fully saturated rings. The molecule has 1 aliphatic heterocycles. The van der Waals surface area contributed by atoms with Crippen molar-refractivity contribution in [2.75, 3.05) is 6.54 Å². The number of pyridine rings is 1. The maximum absolute atomic E-state index is 12.9. The molecule has 172 valence electrons. The third-order valence-electron chi connectivity index (χ3n) is 6.30. The first-order valence-electron chi connectivity index (χ1n) is 11.1. The van der Waals surface area contributed by atoms with Crippen molar-refractivity contribution in [2.24, 2.45) is 0 Å². The Morgan fingerprint density at radius 3 is 2.42 bits per heavy atom. The fourth-order valence-corrected chi connectivity index (χ4v) is 5.04. The maximum atomic E-state index is 12.9. The zero-order chi connectivity index (χ0) is 23.4. The Morgan fingerprint density at radius 1 is 1.00 bits per heavy atom. The summed E-state index contributed by atoms with van der Waals surface area (Å²) in [6.07, 6.45) is 3.76. The molecule has 0 amide bonds. The predicted molar refractivity (Wildman–Crippen MR) is 131 cm³/mol. The molecular weight excluding hydrogens is 459 g/mol. The van der Waals surface area contributed by atoms with E-state index < -0.39 is 5.97 Å². The van der Waals surface area contributed by atoms with Crippen LogP contribution in [0.1, 0.15) is 40.0 Å². The summed E-state index contributed by atoms with van der Waals surface area (Å²) >= 11 is 12.8. The fraction of sp³-hybridized carbons (Fsp3) is 0.308. The van der Waals surface area contributed by atoms with Gasteiger partial charge in [0.25, 0.3) is 5.56 Å². The number of rotatable bonds is 8. The number of aryl methyl sites for hydroxylation is 1. The fourth-order valence-electron chi connectivity index (χ4n) is 4.50. The van der Waals surface area contributed by atoms with Gasteiger partial charge in [-0.3, -0.25) is 9.69 Å². The molecule has 3 aromatic rings. The minimum absolute atomic E-state index is 0.104. The average Bonchev–Trinajstić information content (AvgIpc) is 3.24. The van der Waals surface area contributed by atoms with Crippen LogP contribution in [0, 0.1) is 0 Å². The Morgan fingerprint density at radius 2 is 1.73 bits per heavy atom. The van der Waals surface area contributed by atoms with E-state index in [4.69, 9.17) is 28.3 Å². The zero-order valence-electron chi connectivity index (χ0n) is 18.2. The molecule has 1 N–H and O–H groups in total. The van der Waals surface area contributed by atoms with Gasteiger partial charge in [-0.1, -0.05) is 65.7 Å². The first-order chi connectivity index (χ1) is 15.9. The molecule has 4 rings (SSSR count). The van der Waals surface area contributed by atoms with Crippen LogP contribution in [0.2, 0.25) is 10.0 Å². The van der Waals surface area contributed by atoms with Gasteiger partial charge in [0.1, 0.15) is 5.02 Å². The van der Waals surface area contributed by atoms with Crippen LogP contribution in [-0.4, -0.2) is 33.1 Å². The largest absolute Gasteiger partial charge is 0.478 e. The minimum Gasteiger partial charge on any atom is -0.478 e. The molecule has 1 atom stereocenters. The van der Waals surface area contributed by atoms with Crippen molar-refractivity contribution >= 4 is 29.2 Å². The number of halogens is 2. The molecule has 1 aliphatic rings. The average molecular weight is 485 g/mol. The van der Waals surface area contributed by atoms with Gasteiger partial charge in [0.2, 0.25) is 0 Å². The first kappa shape index (κ1) is 23.6. The summed E-state index contributed by atoms with van der Waals surface area (Å²) < 4.78 is 1.67. The minimum atomic E-state index is -0.961. The van der Waals surface area contributed by atoms with E-state index in [0.29, 0.717) is 30.6 Å². The molecule has 1 aromatic heterocycles. The Hall–Kier alpha value is -2.60. The van der Waals surface area contributed by atoms with Crippen molar-refractivity contribution in [3.63, 3.8) is 0 Å². The lowest BCUT2D eigenvalue weighted by atomic mass is 10.0. The van der Waals surface area contributed by atoms with Crippen molar-refractivity contribution in [3.05, 3.63) is 103 Å². The Labute approximate surface area is 203 Å². The molecule has 2 aromatic carbocycles. The van der Waals surface area contributed by atoms with Crippen LogP contribution >= 0.6 is 23.2 Å². The monoisotopic (exact) mass is 484 g/mol. The highest BCUT2D eigenvalue weighted by atomic mass is 35.5. The number of benzene rings is 2. The van der Waals surface area contributed by atoms with Crippen molar-refractivity contribution in [2.45, 2.75) is 44.8 Å². The molecule has 0 radical (unpaired) electrons. The van der Waals surface area contributed by atoms with E-state index in [1.54, 1.807) is 34.9 Å². The highest BCUT2D eigenvalue weighted by Gasteiger charge is 2.27. The lowest BCUT2D eigenvalue weighted by Gasteiger charge is -2.27. The van der Waals surface area contributed by atoms with E-state index in [9.17, 15) is 9.59 Å². The Bertz CT molecular complexity index is 1180. The lowest BCUT2D eigenvalue weighted by Crippen LogP contribution is -2.34. The molecule has 0 bridgehead atoms. The molecule has 5 nitrogen and oxygen atoms in total. The molecule has 1 saturated heterocycles. The van der Waals surface area contributed by atoms with Gasteiger partial charge in [-0.2, -0.15) is 0 Å². The van der Waals surface area contributed by atoms with Crippen LogP contribution in [0.3, 0.4) is 0 Å². The summed E-state index contributed by atoms with van der Waals surface area (Å²) in [5.41, 5.74) is 3.00. The third-order valence-corrected chi connectivity index (χ3v) is 6.89. The van der Waals surface area contributed by atoms with Gasteiger partial charge in [0.05, 0.1) is 16.3 Å². The van der Waals surface area contributed by atoms with Gasteiger partial charge in [0, 0.05) is 19.1 Å². The van der Waals surface area contributed by atoms with E-state index in [0.717, 1.165) is 37.1 Å².